The number of amidine groups is 1. The zero-order valence-corrected chi connectivity index (χ0v) is 18.5. The number of fused-ring (bicyclic) bond motifs is 2. The van der Waals surface area contributed by atoms with Crippen molar-refractivity contribution >= 4 is 28.5 Å². The molecule has 3 aromatic heterocycles. The molecule has 0 spiro atoms. The molecule has 32 heavy (non-hydrogen) atoms. The van der Waals surface area contributed by atoms with E-state index >= 15 is 0 Å². The van der Waals surface area contributed by atoms with Crippen LogP contribution in [0.5, 0.6) is 0 Å². The number of nitrogens with two attached hydrogens (primary N) is 1. The number of hydrogen-bond acceptors (Lipinski definition) is 7. The summed E-state index contributed by atoms with van der Waals surface area (Å²) >= 11 is 0. The van der Waals surface area contributed by atoms with Crippen molar-refractivity contribution < 1.29 is 0 Å². The molecule has 2 aliphatic rings. The molecule has 8 nitrogen and oxygen atoms in total. The molecule has 2 aliphatic heterocycles. The smallest absolute Gasteiger partial charge is 0.180 e. The number of hydrogen-bond donors (Lipinski definition) is 1. The summed E-state index contributed by atoms with van der Waals surface area (Å²) < 4.78 is 2.21. The predicted octanol–water partition coefficient (Wildman–Crippen LogP) is 3.83. The maximum Gasteiger partial charge on any atom is 0.180 e. The topological polar surface area (TPSA) is 98.1 Å². The third-order valence-electron chi connectivity index (χ3n) is 5.85. The first-order chi connectivity index (χ1) is 15.6. The van der Waals surface area contributed by atoms with Crippen molar-refractivity contribution in [3.8, 4) is 11.3 Å². The van der Waals surface area contributed by atoms with Crippen LogP contribution >= 0.6 is 0 Å². The Kier molecular flexibility index (Phi) is 5.05. The van der Waals surface area contributed by atoms with Gasteiger partial charge in [-0.05, 0) is 30.7 Å². The molecule has 0 aliphatic carbocycles. The van der Waals surface area contributed by atoms with Crippen molar-refractivity contribution in [3.05, 3.63) is 60.3 Å². The van der Waals surface area contributed by atoms with Gasteiger partial charge in [-0.2, -0.15) is 0 Å². The molecule has 1 fully saturated rings. The highest BCUT2D eigenvalue weighted by Gasteiger charge is 2.30. The van der Waals surface area contributed by atoms with Gasteiger partial charge < -0.3 is 15.2 Å². The van der Waals surface area contributed by atoms with Gasteiger partial charge in [-0.3, -0.25) is 0 Å². The monoisotopic (exact) mass is 426 g/mol. The predicted molar refractivity (Wildman–Crippen MR) is 127 cm³/mol. The molecular formula is C24H26N8. The SMILES string of the molecule is CC.Cc1nccn1C1CN(c2cnc3ccc(-c4ccc5c(c4)N=C(N)C5)nc3n2)C1. The van der Waals surface area contributed by atoms with E-state index in [1.165, 1.54) is 0 Å². The standard InChI is InChI=1S/C22H20N8.C2H6/c1-13-24-6-7-30(13)16-11-29(12-16)21-10-25-18-5-4-17(27-22(18)28-21)14-2-3-15-9-20(23)26-19(15)8-14;1-2/h2-8,10,16H,9,11-12H2,1H3,(H2,23,26);1-2H3. The summed E-state index contributed by atoms with van der Waals surface area (Å²) in [5, 5.41) is 0. The fourth-order valence-corrected chi connectivity index (χ4v) is 4.16. The summed E-state index contributed by atoms with van der Waals surface area (Å²) in [5.74, 6) is 2.55. The Morgan fingerprint density at radius 1 is 1.03 bits per heavy atom. The molecule has 0 bridgehead atoms. The maximum atomic E-state index is 5.87. The van der Waals surface area contributed by atoms with Crippen molar-refractivity contribution in [2.24, 2.45) is 10.7 Å². The number of anilines is 1. The molecule has 1 saturated heterocycles. The molecule has 0 amide bonds. The average molecular weight is 427 g/mol. The molecule has 0 unspecified atom stereocenters. The first kappa shape index (κ1) is 20.1. The van der Waals surface area contributed by atoms with Gasteiger partial charge in [0.05, 0.1) is 23.6 Å². The van der Waals surface area contributed by atoms with Crippen molar-refractivity contribution in [2.45, 2.75) is 33.2 Å². The second-order valence-electron chi connectivity index (χ2n) is 7.83. The van der Waals surface area contributed by atoms with Gasteiger partial charge in [0.15, 0.2) is 5.65 Å². The first-order valence-electron chi connectivity index (χ1n) is 11.0. The molecule has 0 radical (unpaired) electrons. The molecule has 4 aromatic rings. The van der Waals surface area contributed by atoms with Crippen LogP contribution in [0.4, 0.5) is 11.5 Å². The molecule has 2 N–H and O–H groups in total. The molecule has 1 aromatic carbocycles. The average Bonchev–Trinajstić information content (AvgIpc) is 3.37. The molecule has 5 heterocycles. The lowest BCUT2D eigenvalue weighted by atomic mass is 10.1. The van der Waals surface area contributed by atoms with Gasteiger partial charge in [0.2, 0.25) is 0 Å². The summed E-state index contributed by atoms with van der Waals surface area (Å²) in [4.78, 5) is 25.1. The third-order valence-corrected chi connectivity index (χ3v) is 5.85. The molecular weight excluding hydrogens is 400 g/mol. The zero-order chi connectivity index (χ0) is 22.2. The quantitative estimate of drug-likeness (QED) is 0.535. The van der Waals surface area contributed by atoms with Crippen LogP contribution in [0.2, 0.25) is 0 Å². The van der Waals surface area contributed by atoms with Crippen molar-refractivity contribution in [1.29, 1.82) is 0 Å². The van der Waals surface area contributed by atoms with Gasteiger partial charge in [0.25, 0.3) is 0 Å². The van der Waals surface area contributed by atoms with Crippen LogP contribution in [0, 0.1) is 6.92 Å². The third kappa shape index (κ3) is 3.47. The highest BCUT2D eigenvalue weighted by molar-refractivity contribution is 5.92. The fraction of sp³-hybridized carbons (Fsp3) is 0.292. The second-order valence-corrected chi connectivity index (χ2v) is 7.83. The first-order valence-corrected chi connectivity index (χ1v) is 11.0. The van der Waals surface area contributed by atoms with Gasteiger partial charge in [-0.25, -0.2) is 24.9 Å². The van der Waals surface area contributed by atoms with E-state index in [2.05, 4.69) is 36.6 Å². The molecule has 0 saturated carbocycles. The van der Waals surface area contributed by atoms with E-state index in [1.54, 1.807) is 0 Å². The number of benzene rings is 1. The number of nitrogens with zero attached hydrogens (tertiary/aromatic N) is 7. The summed E-state index contributed by atoms with van der Waals surface area (Å²) in [6, 6.07) is 10.5. The van der Waals surface area contributed by atoms with Crippen LogP contribution in [-0.4, -0.2) is 43.4 Å². The Morgan fingerprint density at radius 3 is 2.66 bits per heavy atom. The second kappa shape index (κ2) is 8.03. The van der Waals surface area contributed by atoms with Gasteiger partial charge in [-0.15, -0.1) is 0 Å². The molecule has 162 valence electrons. The Hall–Kier alpha value is -3.81. The van der Waals surface area contributed by atoms with E-state index in [4.69, 9.17) is 15.7 Å². The Labute approximate surface area is 186 Å². The largest absolute Gasteiger partial charge is 0.387 e. The van der Waals surface area contributed by atoms with E-state index in [0.29, 0.717) is 23.9 Å². The van der Waals surface area contributed by atoms with E-state index in [9.17, 15) is 0 Å². The number of aromatic nitrogens is 5. The van der Waals surface area contributed by atoms with E-state index in [0.717, 1.165) is 52.8 Å². The lowest BCUT2D eigenvalue weighted by molar-refractivity contribution is 0.390. The normalized spacial score (nSPS) is 15.1. The lowest BCUT2D eigenvalue weighted by Gasteiger charge is -2.40. The Balaban J connectivity index is 0.00000105. The molecule has 0 atom stereocenters. The lowest BCUT2D eigenvalue weighted by Crippen LogP contribution is -2.48. The highest BCUT2D eigenvalue weighted by atomic mass is 15.3. The highest BCUT2D eigenvalue weighted by Crippen LogP contribution is 2.32. The summed E-state index contributed by atoms with van der Waals surface area (Å²) in [6.07, 6.45) is 6.42. The minimum atomic E-state index is 0.420. The van der Waals surface area contributed by atoms with E-state index in [1.807, 2.05) is 57.6 Å². The Morgan fingerprint density at radius 2 is 1.88 bits per heavy atom. The number of rotatable bonds is 3. The van der Waals surface area contributed by atoms with Crippen molar-refractivity contribution in [2.75, 3.05) is 18.0 Å². The number of pyridine rings is 1. The minimum absolute atomic E-state index is 0.420. The van der Waals surface area contributed by atoms with Crippen LogP contribution in [0.25, 0.3) is 22.4 Å². The summed E-state index contributed by atoms with van der Waals surface area (Å²) in [7, 11) is 0. The van der Waals surface area contributed by atoms with Crippen LogP contribution < -0.4 is 10.6 Å². The van der Waals surface area contributed by atoms with Crippen LogP contribution in [0.1, 0.15) is 31.3 Å². The minimum Gasteiger partial charge on any atom is -0.387 e. The van der Waals surface area contributed by atoms with Crippen LogP contribution in [0.15, 0.2) is 53.9 Å². The van der Waals surface area contributed by atoms with E-state index < -0.39 is 0 Å². The van der Waals surface area contributed by atoms with Crippen molar-refractivity contribution in [1.82, 2.24) is 24.5 Å². The number of imidazole rings is 1. The summed E-state index contributed by atoms with van der Waals surface area (Å²) in [6.45, 7) is 7.81. The van der Waals surface area contributed by atoms with Gasteiger partial charge in [0, 0.05) is 37.5 Å². The maximum absolute atomic E-state index is 5.87. The molecule has 8 heteroatoms. The van der Waals surface area contributed by atoms with Gasteiger partial charge >= 0.3 is 0 Å². The Bertz CT molecular complexity index is 1320. The van der Waals surface area contributed by atoms with Crippen LogP contribution in [-0.2, 0) is 6.42 Å². The van der Waals surface area contributed by atoms with Crippen LogP contribution in [0.3, 0.4) is 0 Å². The summed E-state index contributed by atoms with van der Waals surface area (Å²) in [5.41, 5.74) is 11.2. The number of aliphatic imine (C=N–C) groups is 1. The van der Waals surface area contributed by atoms with Crippen molar-refractivity contribution in [3.63, 3.8) is 0 Å². The number of aryl methyl sites for hydroxylation is 1. The van der Waals surface area contributed by atoms with Gasteiger partial charge in [-0.1, -0.05) is 26.0 Å². The molecule has 6 rings (SSSR count). The van der Waals surface area contributed by atoms with Gasteiger partial charge in [0.1, 0.15) is 23.0 Å². The van der Waals surface area contributed by atoms with E-state index in [-0.39, 0.29) is 0 Å². The fourth-order valence-electron chi connectivity index (χ4n) is 4.16. The zero-order valence-electron chi connectivity index (χ0n) is 18.5.